The molecular weight excluding hydrogens is 228 g/mol. The van der Waals surface area contributed by atoms with Crippen LogP contribution in [0.2, 0.25) is 0 Å². The molecule has 0 radical (unpaired) electrons. The molecule has 0 aliphatic heterocycles. The van der Waals surface area contributed by atoms with Crippen LogP contribution < -0.4 is 0 Å². The summed E-state index contributed by atoms with van der Waals surface area (Å²) in [6.45, 7) is 6.46. The maximum Gasteiger partial charge on any atom is 0.308 e. The molecule has 0 unspecified atom stereocenters. The van der Waals surface area contributed by atoms with Crippen molar-refractivity contribution in [1.29, 1.82) is 0 Å². The predicted molar refractivity (Wildman–Crippen MR) is 69.3 cm³/mol. The van der Waals surface area contributed by atoms with Gasteiger partial charge < -0.3 is 4.74 Å². The number of hydrogen-bond acceptors (Lipinski definition) is 3. The molecular formula is C14H22N2O2. The normalized spacial score (nSPS) is 23.9. The number of aromatic nitrogens is 2. The van der Waals surface area contributed by atoms with Crippen LogP contribution in [-0.2, 0) is 9.53 Å². The van der Waals surface area contributed by atoms with Gasteiger partial charge in [0.1, 0.15) is 0 Å². The standard InChI is InChI=1S/C14H22N2O2/c1-4-18-14(17)12-5-7-13(8-6-12)16-11(3)9-10(2)15-16/h9,12-13H,4-8H2,1-3H3/t12-,13-. The summed E-state index contributed by atoms with van der Waals surface area (Å²) in [5.74, 6) is 0.0717. The van der Waals surface area contributed by atoms with E-state index in [4.69, 9.17) is 4.74 Å². The Morgan fingerprint density at radius 3 is 2.56 bits per heavy atom. The molecule has 0 aromatic carbocycles. The van der Waals surface area contributed by atoms with Gasteiger partial charge in [-0.2, -0.15) is 5.10 Å². The van der Waals surface area contributed by atoms with E-state index in [-0.39, 0.29) is 11.9 Å². The Labute approximate surface area is 108 Å². The van der Waals surface area contributed by atoms with Gasteiger partial charge in [0.15, 0.2) is 0 Å². The molecule has 0 N–H and O–H groups in total. The topological polar surface area (TPSA) is 44.1 Å². The third-order valence-electron chi connectivity index (χ3n) is 3.71. The molecule has 1 saturated carbocycles. The average Bonchev–Trinajstić information content (AvgIpc) is 2.69. The third-order valence-corrected chi connectivity index (χ3v) is 3.71. The van der Waals surface area contributed by atoms with Crippen molar-refractivity contribution in [3.8, 4) is 0 Å². The minimum atomic E-state index is -0.0238. The lowest BCUT2D eigenvalue weighted by molar-refractivity contribution is -0.149. The molecule has 0 saturated heterocycles. The number of hydrogen-bond donors (Lipinski definition) is 0. The highest BCUT2D eigenvalue weighted by atomic mass is 16.5. The van der Waals surface area contributed by atoms with Crippen LogP contribution in [0.1, 0.15) is 50.0 Å². The largest absolute Gasteiger partial charge is 0.466 e. The fourth-order valence-electron chi connectivity index (χ4n) is 2.83. The summed E-state index contributed by atoms with van der Waals surface area (Å²) in [7, 11) is 0. The van der Waals surface area contributed by atoms with Crippen molar-refractivity contribution in [2.75, 3.05) is 6.61 Å². The van der Waals surface area contributed by atoms with Gasteiger partial charge in [0.2, 0.25) is 0 Å². The Kier molecular flexibility index (Phi) is 4.04. The number of carbonyl (C=O) groups is 1. The minimum Gasteiger partial charge on any atom is -0.466 e. The van der Waals surface area contributed by atoms with E-state index in [2.05, 4.69) is 22.8 Å². The van der Waals surface area contributed by atoms with Crippen molar-refractivity contribution in [2.45, 2.75) is 52.5 Å². The van der Waals surface area contributed by atoms with Gasteiger partial charge in [-0.1, -0.05) is 0 Å². The van der Waals surface area contributed by atoms with Crippen molar-refractivity contribution in [2.24, 2.45) is 5.92 Å². The zero-order valence-electron chi connectivity index (χ0n) is 11.5. The third kappa shape index (κ3) is 2.74. The first-order valence-electron chi connectivity index (χ1n) is 6.81. The number of nitrogens with zero attached hydrogens (tertiary/aromatic N) is 2. The molecule has 100 valence electrons. The molecule has 1 aliphatic carbocycles. The second-order valence-corrected chi connectivity index (χ2v) is 5.13. The highest BCUT2D eigenvalue weighted by Crippen LogP contribution is 2.33. The van der Waals surface area contributed by atoms with E-state index in [1.807, 2.05) is 13.8 Å². The number of carbonyl (C=O) groups excluding carboxylic acids is 1. The zero-order chi connectivity index (χ0) is 13.1. The lowest BCUT2D eigenvalue weighted by Gasteiger charge is -2.28. The Morgan fingerprint density at radius 2 is 2.06 bits per heavy atom. The van der Waals surface area contributed by atoms with Crippen LogP contribution in [0, 0.1) is 19.8 Å². The van der Waals surface area contributed by atoms with Gasteiger partial charge >= 0.3 is 5.97 Å². The van der Waals surface area contributed by atoms with Gasteiger partial charge in [-0.05, 0) is 52.5 Å². The Balaban J connectivity index is 1.94. The van der Waals surface area contributed by atoms with Crippen LogP contribution >= 0.6 is 0 Å². The maximum atomic E-state index is 11.7. The summed E-state index contributed by atoms with van der Waals surface area (Å²) < 4.78 is 7.21. The SMILES string of the molecule is CCOC(=O)[C@H]1CC[C@H](n2nc(C)cc2C)CC1. The van der Waals surface area contributed by atoms with Crippen molar-refractivity contribution in [1.82, 2.24) is 9.78 Å². The summed E-state index contributed by atoms with van der Waals surface area (Å²) in [6, 6.07) is 2.56. The molecule has 18 heavy (non-hydrogen) atoms. The lowest BCUT2D eigenvalue weighted by atomic mass is 9.86. The van der Waals surface area contributed by atoms with Crippen LogP contribution in [-0.4, -0.2) is 22.4 Å². The van der Waals surface area contributed by atoms with Crippen molar-refractivity contribution in [3.05, 3.63) is 17.5 Å². The summed E-state index contributed by atoms with van der Waals surface area (Å²) >= 11 is 0. The fraction of sp³-hybridized carbons (Fsp3) is 0.714. The van der Waals surface area contributed by atoms with E-state index in [9.17, 15) is 4.79 Å². The first-order chi connectivity index (χ1) is 8.61. The predicted octanol–water partition coefficient (Wildman–Crippen LogP) is 2.79. The van der Waals surface area contributed by atoms with E-state index in [0.29, 0.717) is 12.6 Å². The molecule has 4 nitrogen and oxygen atoms in total. The monoisotopic (exact) mass is 250 g/mol. The molecule has 2 rings (SSSR count). The number of aryl methyl sites for hydroxylation is 2. The number of rotatable bonds is 3. The molecule has 0 amide bonds. The van der Waals surface area contributed by atoms with Gasteiger partial charge in [-0.3, -0.25) is 9.48 Å². The van der Waals surface area contributed by atoms with Crippen LogP contribution in [0.3, 0.4) is 0 Å². The van der Waals surface area contributed by atoms with Crippen LogP contribution in [0.5, 0.6) is 0 Å². The molecule has 0 bridgehead atoms. The molecule has 0 spiro atoms. The summed E-state index contributed by atoms with van der Waals surface area (Å²) in [4.78, 5) is 11.7. The Morgan fingerprint density at radius 1 is 1.39 bits per heavy atom. The van der Waals surface area contributed by atoms with Crippen molar-refractivity contribution < 1.29 is 9.53 Å². The molecule has 1 aromatic rings. The smallest absolute Gasteiger partial charge is 0.308 e. The molecule has 1 heterocycles. The van der Waals surface area contributed by atoms with Crippen molar-refractivity contribution in [3.63, 3.8) is 0 Å². The highest BCUT2D eigenvalue weighted by molar-refractivity contribution is 5.72. The van der Waals surface area contributed by atoms with Crippen LogP contribution in [0.4, 0.5) is 0 Å². The first kappa shape index (κ1) is 13.1. The van der Waals surface area contributed by atoms with Crippen LogP contribution in [0.25, 0.3) is 0 Å². The Bertz CT molecular complexity index is 417. The maximum absolute atomic E-state index is 11.7. The molecule has 0 atom stereocenters. The van der Waals surface area contributed by atoms with E-state index in [1.165, 1.54) is 5.69 Å². The second kappa shape index (κ2) is 5.55. The lowest BCUT2D eigenvalue weighted by Crippen LogP contribution is -2.26. The van der Waals surface area contributed by atoms with Gasteiger partial charge in [-0.15, -0.1) is 0 Å². The Hall–Kier alpha value is -1.32. The van der Waals surface area contributed by atoms with Gasteiger partial charge in [0.05, 0.1) is 24.3 Å². The van der Waals surface area contributed by atoms with Gasteiger partial charge in [0, 0.05) is 5.69 Å². The number of ether oxygens (including phenoxy) is 1. The van der Waals surface area contributed by atoms with E-state index in [1.54, 1.807) is 0 Å². The van der Waals surface area contributed by atoms with E-state index >= 15 is 0 Å². The van der Waals surface area contributed by atoms with Gasteiger partial charge in [-0.25, -0.2) is 0 Å². The first-order valence-corrected chi connectivity index (χ1v) is 6.81. The number of esters is 1. The molecule has 1 fully saturated rings. The fourth-order valence-corrected chi connectivity index (χ4v) is 2.83. The summed E-state index contributed by atoms with van der Waals surface area (Å²) in [5.41, 5.74) is 2.28. The molecule has 1 aliphatic rings. The average molecular weight is 250 g/mol. The molecule has 4 heteroatoms. The minimum absolute atomic E-state index is 0.0238. The summed E-state index contributed by atoms with van der Waals surface area (Å²) in [6.07, 6.45) is 3.88. The van der Waals surface area contributed by atoms with Gasteiger partial charge in [0.25, 0.3) is 0 Å². The highest BCUT2D eigenvalue weighted by Gasteiger charge is 2.28. The molecule has 1 aromatic heterocycles. The van der Waals surface area contributed by atoms with Crippen LogP contribution in [0.15, 0.2) is 6.07 Å². The quantitative estimate of drug-likeness (QED) is 0.775. The summed E-state index contributed by atoms with van der Waals surface area (Å²) in [5, 5.41) is 4.54. The second-order valence-electron chi connectivity index (χ2n) is 5.13. The zero-order valence-corrected chi connectivity index (χ0v) is 11.5. The van der Waals surface area contributed by atoms with E-state index in [0.717, 1.165) is 31.4 Å². The van der Waals surface area contributed by atoms with E-state index < -0.39 is 0 Å². The van der Waals surface area contributed by atoms with Crippen molar-refractivity contribution >= 4 is 5.97 Å².